The maximum atomic E-state index is 12.4. The van der Waals surface area contributed by atoms with Gasteiger partial charge >= 0.3 is 0 Å². The molecule has 2 aliphatic rings. The van der Waals surface area contributed by atoms with Crippen LogP contribution in [0.3, 0.4) is 0 Å². The van der Waals surface area contributed by atoms with E-state index in [0.717, 1.165) is 11.3 Å². The van der Waals surface area contributed by atoms with E-state index in [-0.39, 0.29) is 29.0 Å². The molecule has 1 aromatic rings. The number of benzene rings is 1. The van der Waals surface area contributed by atoms with Crippen molar-refractivity contribution in [3.05, 3.63) is 42.0 Å². The third-order valence-corrected chi connectivity index (χ3v) is 4.02. The number of rotatable bonds is 2. The summed E-state index contributed by atoms with van der Waals surface area (Å²) in [4.78, 5) is 37.4. The van der Waals surface area contributed by atoms with Gasteiger partial charge in [-0.2, -0.15) is 0 Å². The lowest BCUT2D eigenvalue weighted by atomic mass is 9.86. The Labute approximate surface area is 121 Å². The van der Waals surface area contributed by atoms with Gasteiger partial charge in [0.05, 0.1) is 23.1 Å². The van der Waals surface area contributed by atoms with Crippen LogP contribution in [0.4, 0.5) is 5.69 Å². The number of anilines is 1. The molecule has 20 heavy (non-hydrogen) atoms. The molecule has 1 fully saturated rings. The average molecular weight is 290 g/mol. The van der Waals surface area contributed by atoms with Crippen molar-refractivity contribution in [3.63, 3.8) is 0 Å². The number of nitrogens with zero attached hydrogens (tertiary/aromatic N) is 1. The summed E-state index contributed by atoms with van der Waals surface area (Å²) >= 11 is 5.53. The van der Waals surface area contributed by atoms with Crippen molar-refractivity contribution in [3.8, 4) is 0 Å². The Morgan fingerprint density at radius 3 is 2.65 bits per heavy atom. The highest BCUT2D eigenvalue weighted by atomic mass is 35.5. The number of fused-ring (bicyclic) bond motifs is 1. The van der Waals surface area contributed by atoms with Gasteiger partial charge in [0.2, 0.25) is 11.8 Å². The highest BCUT2D eigenvalue weighted by Gasteiger charge is 2.48. The quantitative estimate of drug-likeness (QED) is 0.477. The SMILES string of the molecule is O=C(Cl)c1ccccc1N1C(=O)C2C=CCCC2C1=O. The molecule has 4 nitrogen and oxygen atoms in total. The van der Waals surface area contributed by atoms with Gasteiger partial charge in [-0.15, -0.1) is 0 Å². The minimum Gasteiger partial charge on any atom is -0.276 e. The molecular formula is C15H12ClNO3. The Kier molecular flexibility index (Phi) is 3.18. The van der Waals surface area contributed by atoms with E-state index in [9.17, 15) is 14.4 Å². The second-order valence-electron chi connectivity index (χ2n) is 4.94. The van der Waals surface area contributed by atoms with Gasteiger partial charge in [0.25, 0.3) is 5.24 Å². The van der Waals surface area contributed by atoms with E-state index in [1.807, 2.05) is 6.08 Å². The summed E-state index contributed by atoms with van der Waals surface area (Å²) in [6.45, 7) is 0. The number of imide groups is 1. The Morgan fingerprint density at radius 2 is 1.95 bits per heavy atom. The molecule has 0 saturated carbocycles. The first-order valence-electron chi connectivity index (χ1n) is 6.44. The second kappa shape index (κ2) is 4.87. The first-order valence-corrected chi connectivity index (χ1v) is 6.82. The van der Waals surface area contributed by atoms with Gasteiger partial charge in [0.15, 0.2) is 0 Å². The van der Waals surface area contributed by atoms with E-state index >= 15 is 0 Å². The van der Waals surface area contributed by atoms with Gasteiger partial charge in [-0.05, 0) is 36.6 Å². The molecule has 1 aliphatic heterocycles. The number of allylic oxidation sites excluding steroid dienone is 1. The van der Waals surface area contributed by atoms with Crippen molar-refractivity contribution in [2.45, 2.75) is 12.8 Å². The molecule has 102 valence electrons. The largest absolute Gasteiger partial charge is 0.276 e. The summed E-state index contributed by atoms with van der Waals surface area (Å²) in [7, 11) is 0. The zero-order valence-electron chi connectivity index (χ0n) is 10.6. The van der Waals surface area contributed by atoms with E-state index in [2.05, 4.69) is 0 Å². The van der Waals surface area contributed by atoms with Crippen LogP contribution in [0.25, 0.3) is 0 Å². The average Bonchev–Trinajstić information content (AvgIpc) is 2.71. The third-order valence-electron chi connectivity index (χ3n) is 3.82. The first kappa shape index (κ1) is 13.1. The number of hydrogen-bond acceptors (Lipinski definition) is 3. The van der Waals surface area contributed by atoms with Crippen LogP contribution in [-0.2, 0) is 9.59 Å². The summed E-state index contributed by atoms with van der Waals surface area (Å²) in [6, 6.07) is 6.42. The van der Waals surface area contributed by atoms with Gasteiger partial charge < -0.3 is 0 Å². The van der Waals surface area contributed by atoms with Crippen LogP contribution in [0.5, 0.6) is 0 Å². The molecule has 1 aliphatic carbocycles. The van der Waals surface area contributed by atoms with E-state index in [0.29, 0.717) is 6.42 Å². The molecule has 5 heteroatoms. The number of amides is 2. The predicted molar refractivity (Wildman–Crippen MR) is 74.5 cm³/mol. The maximum absolute atomic E-state index is 12.4. The van der Waals surface area contributed by atoms with E-state index < -0.39 is 11.2 Å². The van der Waals surface area contributed by atoms with Crippen LogP contribution in [-0.4, -0.2) is 17.1 Å². The van der Waals surface area contributed by atoms with Crippen LogP contribution >= 0.6 is 11.6 Å². The van der Waals surface area contributed by atoms with Gasteiger partial charge in [-0.1, -0.05) is 24.3 Å². The Morgan fingerprint density at radius 1 is 1.20 bits per heavy atom. The fraction of sp³-hybridized carbons (Fsp3) is 0.267. The minimum absolute atomic E-state index is 0.179. The Bertz CT molecular complexity index is 638. The van der Waals surface area contributed by atoms with Gasteiger partial charge in [0, 0.05) is 0 Å². The zero-order chi connectivity index (χ0) is 14.3. The van der Waals surface area contributed by atoms with Crippen molar-refractivity contribution in [1.82, 2.24) is 0 Å². The number of halogens is 1. The fourth-order valence-electron chi connectivity index (χ4n) is 2.86. The zero-order valence-corrected chi connectivity index (χ0v) is 11.3. The lowest BCUT2D eigenvalue weighted by molar-refractivity contribution is -0.122. The van der Waals surface area contributed by atoms with Gasteiger partial charge in [-0.3, -0.25) is 14.4 Å². The molecule has 1 aromatic carbocycles. The summed E-state index contributed by atoms with van der Waals surface area (Å²) in [5.74, 6) is -1.24. The van der Waals surface area contributed by atoms with Crippen LogP contribution < -0.4 is 4.90 Å². The molecule has 0 bridgehead atoms. The molecule has 2 atom stereocenters. The first-order chi connectivity index (χ1) is 9.61. The number of carbonyl (C=O) groups is 3. The lowest BCUT2D eigenvalue weighted by Gasteiger charge is -2.17. The third kappa shape index (κ3) is 1.88. The number of carbonyl (C=O) groups excluding carboxylic acids is 3. The standard InChI is InChI=1S/C15H12ClNO3/c16-13(18)11-7-3-4-8-12(11)17-14(19)9-5-1-2-6-10(9)15(17)20/h1,3-5,7-10H,2,6H2. The Balaban J connectivity index is 2.07. The lowest BCUT2D eigenvalue weighted by Crippen LogP contribution is -2.32. The van der Waals surface area contributed by atoms with Crippen molar-refractivity contribution in [2.24, 2.45) is 11.8 Å². The Hall–Kier alpha value is -1.94. The summed E-state index contributed by atoms with van der Waals surface area (Å²) in [5, 5.41) is -0.674. The maximum Gasteiger partial charge on any atom is 0.254 e. The smallest absolute Gasteiger partial charge is 0.254 e. The highest BCUT2D eigenvalue weighted by Crippen LogP contribution is 2.38. The van der Waals surface area contributed by atoms with Crippen molar-refractivity contribution in [1.29, 1.82) is 0 Å². The monoisotopic (exact) mass is 289 g/mol. The molecule has 2 unspecified atom stereocenters. The van der Waals surface area contributed by atoms with E-state index in [1.54, 1.807) is 24.3 Å². The molecule has 2 amide bonds. The topological polar surface area (TPSA) is 54.5 Å². The molecule has 1 heterocycles. The molecule has 0 aromatic heterocycles. The van der Waals surface area contributed by atoms with Crippen LogP contribution in [0, 0.1) is 11.8 Å². The molecule has 0 N–H and O–H groups in total. The molecule has 0 spiro atoms. The fourth-order valence-corrected chi connectivity index (χ4v) is 3.02. The minimum atomic E-state index is -0.674. The van der Waals surface area contributed by atoms with Crippen molar-refractivity contribution >= 4 is 34.3 Å². The van der Waals surface area contributed by atoms with Crippen LogP contribution in [0.1, 0.15) is 23.2 Å². The molecule has 1 saturated heterocycles. The van der Waals surface area contributed by atoms with E-state index in [1.165, 1.54) is 6.07 Å². The second-order valence-corrected chi connectivity index (χ2v) is 5.28. The predicted octanol–water partition coefficient (Wildman–Crippen LogP) is 2.52. The summed E-state index contributed by atoms with van der Waals surface area (Å²) in [5.41, 5.74) is 0.462. The summed E-state index contributed by atoms with van der Waals surface area (Å²) < 4.78 is 0. The highest BCUT2D eigenvalue weighted by molar-refractivity contribution is 6.68. The van der Waals surface area contributed by atoms with Gasteiger partial charge in [0.1, 0.15) is 0 Å². The number of para-hydroxylation sites is 1. The van der Waals surface area contributed by atoms with Crippen molar-refractivity contribution < 1.29 is 14.4 Å². The van der Waals surface area contributed by atoms with Crippen molar-refractivity contribution in [2.75, 3.05) is 4.90 Å². The normalized spacial score (nSPS) is 24.9. The molecule has 0 radical (unpaired) electrons. The van der Waals surface area contributed by atoms with Crippen LogP contribution in [0.15, 0.2) is 36.4 Å². The summed E-state index contributed by atoms with van der Waals surface area (Å²) in [6.07, 6.45) is 5.18. The molecular weight excluding hydrogens is 278 g/mol. The van der Waals surface area contributed by atoms with Gasteiger partial charge in [-0.25, -0.2) is 4.90 Å². The van der Waals surface area contributed by atoms with Crippen LogP contribution in [0.2, 0.25) is 0 Å². The molecule has 3 rings (SSSR count). The number of hydrogen-bond donors (Lipinski definition) is 0. The van der Waals surface area contributed by atoms with E-state index in [4.69, 9.17) is 11.6 Å².